The Morgan fingerprint density at radius 1 is 1.19 bits per heavy atom. The number of morpholine rings is 1. The molecule has 1 amide bonds. The molecule has 2 aromatic rings. The number of halogens is 1. The van der Waals surface area contributed by atoms with Crippen LogP contribution in [0.5, 0.6) is 5.75 Å². The number of carbonyl (C=O) groups is 1. The Balaban J connectivity index is 1.43. The van der Waals surface area contributed by atoms with E-state index in [-0.39, 0.29) is 29.6 Å². The summed E-state index contributed by atoms with van der Waals surface area (Å²) >= 11 is 0. The molecule has 0 spiro atoms. The van der Waals surface area contributed by atoms with Gasteiger partial charge in [-0.25, -0.2) is 4.39 Å². The van der Waals surface area contributed by atoms with Crippen LogP contribution in [0.1, 0.15) is 11.6 Å². The van der Waals surface area contributed by atoms with Crippen molar-refractivity contribution in [2.45, 2.75) is 12.1 Å². The zero-order valence-corrected chi connectivity index (χ0v) is 15.0. The number of ether oxygens (including phenoxy) is 2. The summed E-state index contributed by atoms with van der Waals surface area (Å²) in [6.45, 7) is 3.54. The fourth-order valence-electron chi connectivity index (χ4n) is 3.47. The summed E-state index contributed by atoms with van der Waals surface area (Å²) in [4.78, 5) is 21.2. The second kappa shape index (κ2) is 8.02. The molecule has 0 bridgehead atoms. The molecular weight excluding hydrogens is 349 g/mol. The number of benzene rings is 1. The number of aromatic nitrogens is 1. The topological polar surface area (TPSA) is 54.9 Å². The van der Waals surface area contributed by atoms with Crippen molar-refractivity contribution in [2.24, 2.45) is 0 Å². The summed E-state index contributed by atoms with van der Waals surface area (Å²) in [6.07, 6.45) is 3.25. The average molecular weight is 371 g/mol. The predicted molar refractivity (Wildman–Crippen MR) is 96.8 cm³/mol. The molecule has 0 unspecified atom stereocenters. The second-order valence-electron chi connectivity index (χ2n) is 6.75. The molecule has 1 atom stereocenters. The van der Waals surface area contributed by atoms with Gasteiger partial charge in [0.2, 0.25) is 5.91 Å². The Kier molecular flexibility index (Phi) is 5.31. The quantitative estimate of drug-likeness (QED) is 0.803. The molecular formula is C20H22FN3O3. The Morgan fingerprint density at radius 2 is 1.96 bits per heavy atom. The molecule has 2 saturated heterocycles. The number of hydrogen-bond donors (Lipinski definition) is 0. The molecule has 6 nitrogen and oxygen atoms in total. The van der Waals surface area contributed by atoms with Gasteiger partial charge in [-0.05, 0) is 23.8 Å². The van der Waals surface area contributed by atoms with Crippen LogP contribution < -0.4 is 4.74 Å². The van der Waals surface area contributed by atoms with E-state index in [1.165, 1.54) is 6.07 Å². The van der Waals surface area contributed by atoms with Gasteiger partial charge in [-0.3, -0.25) is 14.7 Å². The lowest BCUT2D eigenvalue weighted by Crippen LogP contribution is -2.59. The van der Waals surface area contributed by atoms with Gasteiger partial charge in [0, 0.05) is 25.5 Å². The normalized spacial score (nSPS) is 19.4. The average Bonchev–Trinajstić information content (AvgIpc) is 2.67. The lowest BCUT2D eigenvalue weighted by atomic mass is 10.0. The molecule has 0 N–H and O–H groups in total. The first-order chi connectivity index (χ1) is 13.2. The Morgan fingerprint density at radius 3 is 2.67 bits per heavy atom. The van der Waals surface area contributed by atoms with Crippen molar-refractivity contribution >= 4 is 5.91 Å². The Hall–Kier alpha value is -2.51. The molecule has 3 heterocycles. The van der Waals surface area contributed by atoms with E-state index >= 15 is 0 Å². The van der Waals surface area contributed by atoms with Crippen LogP contribution in [0.3, 0.4) is 0 Å². The van der Waals surface area contributed by atoms with Crippen molar-refractivity contribution in [1.29, 1.82) is 0 Å². The first-order valence-electron chi connectivity index (χ1n) is 9.14. The van der Waals surface area contributed by atoms with Gasteiger partial charge in [-0.2, -0.15) is 0 Å². The number of para-hydroxylation sites is 1. The minimum absolute atomic E-state index is 0.0262. The number of rotatable bonds is 5. The fourth-order valence-corrected chi connectivity index (χ4v) is 3.47. The predicted octanol–water partition coefficient (Wildman–Crippen LogP) is 1.88. The standard InChI is InChI=1S/C20H22FN3O3/c21-17-5-1-2-6-18(17)27-16-13-24(14-16)20(25)19(15-4-3-7-22-12-15)23-8-10-26-11-9-23/h1-7,12,16,19H,8-11,13-14H2/t19-/m1/s1. The molecule has 2 aliphatic rings. The maximum Gasteiger partial charge on any atom is 0.244 e. The molecule has 27 heavy (non-hydrogen) atoms. The van der Waals surface area contributed by atoms with Gasteiger partial charge in [-0.1, -0.05) is 18.2 Å². The van der Waals surface area contributed by atoms with E-state index in [0.717, 1.165) is 5.56 Å². The van der Waals surface area contributed by atoms with Gasteiger partial charge in [0.1, 0.15) is 12.1 Å². The van der Waals surface area contributed by atoms with E-state index in [1.807, 2.05) is 12.1 Å². The summed E-state index contributed by atoms with van der Waals surface area (Å²) in [7, 11) is 0. The molecule has 0 saturated carbocycles. The summed E-state index contributed by atoms with van der Waals surface area (Å²) in [5.41, 5.74) is 0.878. The second-order valence-corrected chi connectivity index (χ2v) is 6.75. The minimum Gasteiger partial charge on any atom is -0.484 e. The van der Waals surface area contributed by atoms with Crippen molar-refractivity contribution in [3.8, 4) is 5.75 Å². The summed E-state index contributed by atoms with van der Waals surface area (Å²) in [5.74, 6) is -0.131. The van der Waals surface area contributed by atoms with Crippen LogP contribution >= 0.6 is 0 Å². The van der Waals surface area contributed by atoms with Gasteiger partial charge in [0.25, 0.3) is 0 Å². The zero-order chi connectivity index (χ0) is 18.6. The highest BCUT2D eigenvalue weighted by Crippen LogP contribution is 2.28. The van der Waals surface area contributed by atoms with Crippen LogP contribution in [-0.4, -0.2) is 66.2 Å². The number of pyridine rings is 1. The third kappa shape index (κ3) is 3.94. The number of nitrogens with zero attached hydrogens (tertiary/aromatic N) is 3. The van der Waals surface area contributed by atoms with Gasteiger partial charge in [-0.15, -0.1) is 0 Å². The third-order valence-electron chi connectivity index (χ3n) is 4.93. The van der Waals surface area contributed by atoms with Gasteiger partial charge in [0.15, 0.2) is 11.6 Å². The van der Waals surface area contributed by atoms with Crippen LogP contribution in [0.2, 0.25) is 0 Å². The van der Waals surface area contributed by atoms with Crippen molar-refractivity contribution < 1.29 is 18.7 Å². The summed E-state index contributed by atoms with van der Waals surface area (Å²) < 4.78 is 24.8. The highest BCUT2D eigenvalue weighted by Gasteiger charge is 2.39. The monoisotopic (exact) mass is 371 g/mol. The maximum absolute atomic E-state index is 13.7. The molecule has 1 aromatic carbocycles. The summed E-state index contributed by atoms with van der Waals surface area (Å²) in [5, 5.41) is 0. The summed E-state index contributed by atoms with van der Waals surface area (Å²) in [6, 6.07) is 9.72. The molecule has 1 aromatic heterocycles. The fraction of sp³-hybridized carbons (Fsp3) is 0.400. The number of carbonyl (C=O) groups excluding carboxylic acids is 1. The third-order valence-corrected chi connectivity index (χ3v) is 4.93. The van der Waals surface area contributed by atoms with E-state index in [9.17, 15) is 9.18 Å². The molecule has 7 heteroatoms. The van der Waals surface area contributed by atoms with Crippen LogP contribution in [0.4, 0.5) is 4.39 Å². The van der Waals surface area contributed by atoms with Gasteiger partial charge < -0.3 is 14.4 Å². The van der Waals surface area contributed by atoms with Crippen LogP contribution in [0.25, 0.3) is 0 Å². The first kappa shape index (κ1) is 17.9. The van der Waals surface area contributed by atoms with Crippen LogP contribution in [0, 0.1) is 5.82 Å². The van der Waals surface area contributed by atoms with Crippen molar-refractivity contribution in [3.63, 3.8) is 0 Å². The minimum atomic E-state index is -0.385. The SMILES string of the molecule is O=C([C@@H](c1cccnc1)N1CCOCC1)N1CC(Oc2ccccc2F)C1. The van der Waals surface area contributed by atoms with Crippen molar-refractivity contribution in [3.05, 3.63) is 60.2 Å². The molecule has 0 aliphatic carbocycles. The lowest BCUT2D eigenvalue weighted by Gasteiger charge is -2.43. The molecule has 0 radical (unpaired) electrons. The number of likely N-dealkylation sites (tertiary alicyclic amines) is 1. The highest BCUT2D eigenvalue weighted by atomic mass is 19.1. The van der Waals surface area contributed by atoms with Gasteiger partial charge in [0.05, 0.1) is 26.3 Å². The van der Waals surface area contributed by atoms with E-state index in [0.29, 0.717) is 39.4 Å². The highest BCUT2D eigenvalue weighted by molar-refractivity contribution is 5.84. The molecule has 142 valence electrons. The molecule has 2 fully saturated rings. The van der Waals surface area contributed by atoms with Crippen LogP contribution in [0.15, 0.2) is 48.8 Å². The van der Waals surface area contributed by atoms with Gasteiger partial charge >= 0.3 is 0 Å². The van der Waals surface area contributed by atoms with Crippen molar-refractivity contribution in [1.82, 2.24) is 14.8 Å². The zero-order valence-electron chi connectivity index (χ0n) is 15.0. The van der Waals surface area contributed by atoms with Crippen LogP contribution in [-0.2, 0) is 9.53 Å². The Labute approximate surface area is 157 Å². The van der Waals surface area contributed by atoms with E-state index < -0.39 is 0 Å². The Bertz CT molecular complexity index is 777. The van der Waals surface area contributed by atoms with Crippen molar-refractivity contribution in [2.75, 3.05) is 39.4 Å². The smallest absolute Gasteiger partial charge is 0.244 e. The molecule has 2 aliphatic heterocycles. The number of amides is 1. The van der Waals surface area contributed by atoms with E-state index in [4.69, 9.17) is 9.47 Å². The number of hydrogen-bond acceptors (Lipinski definition) is 5. The largest absolute Gasteiger partial charge is 0.484 e. The first-order valence-corrected chi connectivity index (χ1v) is 9.14. The lowest BCUT2D eigenvalue weighted by molar-refractivity contribution is -0.148. The van der Waals surface area contributed by atoms with E-state index in [1.54, 1.807) is 35.5 Å². The maximum atomic E-state index is 13.7. The van der Waals surface area contributed by atoms with E-state index in [2.05, 4.69) is 9.88 Å². The molecule has 4 rings (SSSR count).